The number of nitrogens with zero attached hydrogens (tertiary/aromatic N) is 1. The van der Waals surface area contributed by atoms with Crippen molar-refractivity contribution in [1.29, 1.82) is 0 Å². The smallest absolute Gasteiger partial charge is 0.395 e. The van der Waals surface area contributed by atoms with E-state index in [1.807, 2.05) is 0 Å². The molecule has 5 rings (SSSR count). The number of halogens is 3. The lowest BCUT2D eigenvalue weighted by atomic mass is 9.84. The Bertz CT molecular complexity index is 1400. The molecule has 1 aliphatic heterocycles. The molecule has 8 nitrogen and oxygen atoms in total. The van der Waals surface area contributed by atoms with Crippen molar-refractivity contribution in [2.24, 2.45) is 11.7 Å². The van der Waals surface area contributed by atoms with Crippen LogP contribution >= 0.6 is 0 Å². The van der Waals surface area contributed by atoms with E-state index in [0.29, 0.717) is 22.2 Å². The molecule has 2 heterocycles. The Labute approximate surface area is 210 Å². The zero-order valence-corrected chi connectivity index (χ0v) is 20.2. The van der Waals surface area contributed by atoms with Gasteiger partial charge in [-0.05, 0) is 47.9 Å². The van der Waals surface area contributed by atoms with E-state index < -0.39 is 47.5 Å². The van der Waals surface area contributed by atoms with Crippen molar-refractivity contribution in [2.45, 2.75) is 50.0 Å². The molecule has 5 N–H and O–H groups in total. The molecule has 11 heteroatoms. The fourth-order valence-corrected chi connectivity index (χ4v) is 5.34. The van der Waals surface area contributed by atoms with Gasteiger partial charge in [0.2, 0.25) is 5.91 Å². The van der Waals surface area contributed by atoms with Crippen LogP contribution in [0.1, 0.15) is 37.1 Å². The van der Waals surface area contributed by atoms with Crippen LogP contribution in [0, 0.1) is 11.7 Å². The average Bonchev–Trinajstić information content (AvgIpc) is 3.39. The van der Waals surface area contributed by atoms with Gasteiger partial charge < -0.3 is 35.1 Å². The van der Waals surface area contributed by atoms with Crippen molar-refractivity contribution in [1.82, 2.24) is 4.57 Å². The fourth-order valence-electron chi connectivity index (χ4n) is 5.34. The number of amides is 1. The zero-order valence-electron chi connectivity index (χ0n) is 20.2. The predicted octanol–water partition coefficient (Wildman–Crippen LogP) is 2.52. The number of fused-ring (bicyclic) bond motifs is 2. The van der Waals surface area contributed by atoms with Gasteiger partial charge in [0.05, 0.1) is 37.3 Å². The maximum absolute atomic E-state index is 15.9. The third kappa shape index (κ3) is 4.01. The van der Waals surface area contributed by atoms with Crippen LogP contribution in [0.5, 0.6) is 11.5 Å². The van der Waals surface area contributed by atoms with Crippen LogP contribution in [0.2, 0.25) is 0 Å². The maximum Gasteiger partial charge on any atom is 0.586 e. The Morgan fingerprint density at radius 1 is 1.19 bits per heavy atom. The van der Waals surface area contributed by atoms with Crippen LogP contribution in [-0.2, 0) is 22.2 Å². The van der Waals surface area contributed by atoms with Gasteiger partial charge in [0, 0.05) is 21.9 Å². The van der Waals surface area contributed by atoms with Crippen molar-refractivity contribution < 1.29 is 42.8 Å². The number of carbonyl (C=O) groups excluding carboxylic acids is 1. The van der Waals surface area contributed by atoms with E-state index in [1.54, 1.807) is 30.5 Å². The van der Waals surface area contributed by atoms with Crippen LogP contribution in [-0.4, -0.2) is 51.4 Å². The molecule has 37 heavy (non-hydrogen) atoms. The first kappa shape index (κ1) is 25.4. The van der Waals surface area contributed by atoms with Gasteiger partial charge in [-0.15, -0.1) is 8.78 Å². The number of alkyl halides is 2. The van der Waals surface area contributed by atoms with Crippen molar-refractivity contribution in [3.05, 3.63) is 59.0 Å². The number of aliphatic hydroxyl groups excluding tert-OH is 3. The summed E-state index contributed by atoms with van der Waals surface area (Å²) in [7, 11) is 0. The lowest BCUT2D eigenvalue weighted by Gasteiger charge is -2.25. The van der Waals surface area contributed by atoms with Crippen LogP contribution in [0.15, 0.2) is 36.4 Å². The number of benzene rings is 2. The van der Waals surface area contributed by atoms with E-state index in [0.717, 1.165) is 0 Å². The Kier molecular flexibility index (Phi) is 5.74. The summed E-state index contributed by atoms with van der Waals surface area (Å²) in [5, 5.41) is 30.0. The van der Waals surface area contributed by atoms with Gasteiger partial charge in [-0.2, -0.15) is 0 Å². The number of rotatable bonds is 8. The molecule has 0 bridgehead atoms. The summed E-state index contributed by atoms with van der Waals surface area (Å²) in [6.07, 6.45) is -4.78. The number of aliphatic hydroxyl groups is 3. The first-order chi connectivity index (χ1) is 17.3. The summed E-state index contributed by atoms with van der Waals surface area (Å²) in [5.41, 5.74) is 5.20. The molecule has 0 saturated heterocycles. The van der Waals surface area contributed by atoms with Crippen LogP contribution < -0.4 is 15.2 Å². The first-order valence-corrected chi connectivity index (χ1v) is 11.8. The molecule has 1 aromatic heterocycles. The molecule has 3 atom stereocenters. The summed E-state index contributed by atoms with van der Waals surface area (Å²) < 4.78 is 53.7. The number of hydrogen-bond donors (Lipinski definition) is 4. The van der Waals surface area contributed by atoms with E-state index in [-0.39, 0.29) is 36.6 Å². The SMILES string of the molecule is CC(C)(CO)c1cc2cc(C3(c4ccc5c(c4)OC(F)(F)O5)CC3C(N)=O)c(F)cc2n1C[C@@H](O)CO. The van der Waals surface area contributed by atoms with Gasteiger partial charge in [0.25, 0.3) is 0 Å². The Hall–Kier alpha value is -3.28. The van der Waals surface area contributed by atoms with Gasteiger partial charge in [0.15, 0.2) is 11.5 Å². The molecule has 0 radical (unpaired) electrons. The number of hydrogen-bond acceptors (Lipinski definition) is 6. The third-order valence-corrected chi connectivity index (χ3v) is 7.38. The summed E-state index contributed by atoms with van der Waals surface area (Å²) >= 11 is 0. The van der Waals surface area contributed by atoms with Gasteiger partial charge in [-0.3, -0.25) is 4.79 Å². The first-order valence-electron chi connectivity index (χ1n) is 11.8. The second kappa shape index (κ2) is 8.37. The van der Waals surface area contributed by atoms with Crippen LogP contribution in [0.3, 0.4) is 0 Å². The predicted molar refractivity (Wildman–Crippen MR) is 126 cm³/mol. The molecular formula is C26H27F3N2O6. The topological polar surface area (TPSA) is 127 Å². The normalized spacial score (nSPS) is 22.9. The van der Waals surface area contributed by atoms with E-state index in [4.69, 9.17) is 5.73 Å². The molecule has 1 amide bonds. The Balaban J connectivity index is 1.68. The number of ether oxygens (including phenoxy) is 2. The van der Waals surface area contributed by atoms with Gasteiger partial charge in [-0.25, -0.2) is 4.39 Å². The minimum atomic E-state index is -3.83. The maximum atomic E-state index is 15.9. The molecule has 0 spiro atoms. The molecular weight excluding hydrogens is 493 g/mol. The second-order valence-corrected chi connectivity index (χ2v) is 10.4. The minimum absolute atomic E-state index is 0.0387. The van der Waals surface area contributed by atoms with E-state index in [9.17, 15) is 28.9 Å². The number of primary amides is 1. The standard InChI is InChI=1S/C26H27F3N2O6/c1-24(2,12-33)22-6-13-5-16(18(27)8-19(13)31(22)10-15(34)11-32)25(9-17(25)23(30)35)14-3-4-20-21(7-14)37-26(28,29)36-20/h3-8,15,17,32-34H,9-12H2,1-2H3,(H2,30,35)/t15-,17?,25?/m1/s1. The Morgan fingerprint density at radius 3 is 2.51 bits per heavy atom. The molecule has 3 aromatic rings. The van der Waals surface area contributed by atoms with Crippen molar-refractivity contribution >= 4 is 16.8 Å². The van der Waals surface area contributed by atoms with Crippen LogP contribution in [0.25, 0.3) is 10.9 Å². The van der Waals surface area contributed by atoms with Crippen LogP contribution in [0.4, 0.5) is 13.2 Å². The largest absolute Gasteiger partial charge is 0.586 e. The summed E-state index contributed by atoms with van der Waals surface area (Å²) in [6, 6.07) is 8.69. The highest BCUT2D eigenvalue weighted by Gasteiger charge is 2.61. The number of carbonyl (C=O) groups is 1. The highest BCUT2D eigenvalue weighted by molar-refractivity contribution is 5.87. The molecule has 2 unspecified atom stereocenters. The summed E-state index contributed by atoms with van der Waals surface area (Å²) in [6.45, 7) is 2.79. The van der Waals surface area contributed by atoms with Gasteiger partial charge in [0.1, 0.15) is 5.82 Å². The van der Waals surface area contributed by atoms with Crippen molar-refractivity contribution in [3.63, 3.8) is 0 Å². The molecule has 1 aliphatic carbocycles. The molecule has 2 aliphatic rings. The minimum Gasteiger partial charge on any atom is -0.395 e. The third-order valence-electron chi connectivity index (χ3n) is 7.38. The molecule has 2 aromatic carbocycles. The van der Waals surface area contributed by atoms with Crippen molar-refractivity contribution in [3.8, 4) is 11.5 Å². The summed E-state index contributed by atoms with van der Waals surface area (Å²) in [4.78, 5) is 12.3. The molecule has 198 valence electrons. The van der Waals surface area contributed by atoms with E-state index in [2.05, 4.69) is 9.47 Å². The summed E-state index contributed by atoms with van der Waals surface area (Å²) in [5.74, 6) is -2.51. The monoisotopic (exact) mass is 520 g/mol. The number of nitrogens with two attached hydrogens (primary N) is 1. The number of aromatic nitrogens is 1. The Morgan fingerprint density at radius 2 is 1.89 bits per heavy atom. The zero-order chi connectivity index (χ0) is 26.9. The lowest BCUT2D eigenvalue weighted by Crippen LogP contribution is -2.29. The van der Waals surface area contributed by atoms with Gasteiger partial charge in [-0.1, -0.05) is 19.9 Å². The fraction of sp³-hybridized carbons (Fsp3) is 0.423. The second-order valence-electron chi connectivity index (χ2n) is 10.4. The highest BCUT2D eigenvalue weighted by Crippen LogP contribution is 2.61. The van der Waals surface area contributed by atoms with Crippen molar-refractivity contribution in [2.75, 3.05) is 13.2 Å². The average molecular weight is 521 g/mol. The highest BCUT2D eigenvalue weighted by atomic mass is 19.3. The van der Waals surface area contributed by atoms with E-state index >= 15 is 4.39 Å². The molecule has 1 saturated carbocycles. The quantitative estimate of drug-likeness (QED) is 0.362. The lowest BCUT2D eigenvalue weighted by molar-refractivity contribution is -0.286. The van der Waals surface area contributed by atoms with E-state index in [1.165, 1.54) is 24.3 Å². The molecule has 1 fully saturated rings. The van der Waals surface area contributed by atoms with Gasteiger partial charge >= 0.3 is 6.29 Å².